The van der Waals surface area contributed by atoms with Gasteiger partial charge in [0.1, 0.15) is 5.69 Å². The molecular formula is C19H23N3O5. The van der Waals surface area contributed by atoms with Gasteiger partial charge in [-0.15, -0.1) is 0 Å². The number of carbonyl (C=O) groups excluding carboxylic acids is 1. The second kappa shape index (κ2) is 9.42. The first-order chi connectivity index (χ1) is 13.0. The van der Waals surface area contributed by atoms with Gasteiger partial charge in [-0.05, 0) is 30.7 Å². The zero-order valence-electron chi connectivity index (χ0n) is 15.5. The standard InChI is InChI=1S/C19H23N3O5/c1-13(14-8-9-17(26-2)18(12-14)27-3)21-19(23)10-11-20-15-6-4-5-7-16(15)22(24)25/h4-9,12-13,20H,10-11H2,1-3H3,(H,21,23). The molecule has 1 amide bonds. The van der Waals surface area contributed by atoms with Crippen LogP contribution in [0.4, 0.5) is 11.4 Å². The Morgan fingerprint density at radius 2 is 1.85 bits per heavy atom. The molecule has 0 aliphatic carbocycles. The zero-order valence-corrected chi connectivity index (χ0v) is 15.5. The van der Waals surface area contributed by atoms with Crippen molar-refractivity contribution in [2.45, 2.75) is 19.4 Å². The Kier molecular flexibility index (Phi) is 6.99. The van der Waals surface area contributed by atoms with Crippen LogP contribution in [-0.2, 0) is 4.79 Å². The van der Waals surface area contributed by atoms with E-state index in [0.29, 0.717) is 17.2 Å². The highest BCUT2D eigenvalue weighted by atomic mass is 16.6. The van der Waals surface area contributed by atoms with Crippen LogP contribution < -0.4 is 20.1 Å². The van der Waals surface area contributed by atoms with Crippen LogP contribution in [0.15, 0.2) is 42.5 Å². The largest absolute Gasteiger partial charge is 0.493 e. The van der Waals surface area contributed by atoms with Crippen LogP contribution in [0.5, 0.6) is 11.5 Å². The van der Waals surface area contributed by atoms with Crippen LogP contribution >= 0.6 is 0 Å². The molecule has 144 valence electrons. The average Bonchev–Trinajstić information content (AvgIpc) is 2.67. The maximum absolute atomic E-state index is 12.2. The number of amides is 1. The number of anilines is 1. The van der Waals surface area contributed by atoms with E-state index < -0.39 is 4.92 Å². The Balaban J connectivity index is 1.90. The van der Waals surface area contributed by atoms with Crippen molar-refractivity contribution in [3.8, 4) is 11.5 Å². The van der Waals surface area contributed by atoms with Crippen molar-refractivity contribution in [1.82, 2.24) is 5.32 Å². The van der Waals surface area contributed by atoms with Crippen LogP contribution in [0.25, 0.3) is 0 Å². The van der Waals surface area contributed by atoms with Crippen molar-refractivity contribution in [3.63, 3.8) is 0 Å². The van der Waals surface area contributed by atoms with Gasteiger partial charge in [0.05, 0.1) is 25.2 Å². The summed E-state index contributed by atoms with van der Waals surface area (Å²) in [6.45, 7) is 2.16. The fourth-order valence-electron chi connectivity index (χ4n) is 2.61. The van der Waals surface area contributed by atoms with E-state index in [-0.39, 0.29) is 30.6 Å². The summed E-state index contributed by atoms with van der Waals surface area (Å²) in [4.78, 5) is 22.7. The van der Waals surface area contributed by atoms with Crippen molar-refractivity contribution >= 4 is 17.3 Å². The lowest BCUT2D eigenvalue weighted by atomic mass is 10.1. The van der Waals surface area contributed by atoms with Crippen molar-refractivity contribution in [2.24, 2.45) is 0 Å². The van der Waals surface area contributed by atoms with Gasteiger partial charge < -0.3 is 20.1 Å². The summed E-state index contributed by atoms with van der Waals surface area (Å²) in [5, 5.41) is 16.8. The summed E-state index contributed by atoms with van der Waals surface area (Å²) in [5.41, 5.74) is 1.26. The molecule has 2 aromatic rings. The minimum Gasteiger partial charge on any atom is -0.493 e. The first kappa shape index (κ1) is 20.0. The number of benzene rings is 2. The third kappa shape index (κ3) is 5.34. The van der Waals surface area contributed by atoms with Gasteiger partial charge in [0.15, 0.2) is 11.5 Å². The third-order valence-corrected chi connectivity index (χ3v) is 4.05. The molecule has 1 atom stereocenters. The van der Waals surface area contributed by atoms with Gasteiger partial charge in [-0.3, -0.25) is 14.9 Å². The molecule has 1 unspecified atom stereocenters. The van der Waals surface area contributed by atoms with Crippen molar-refractivity contribution in [2.75, 3.05) is 26.1 Å². The highest BCUT2D eigenvalue weighted by molar-refractivity contribution is 5.77. The number of hydrogen-bond donors (Lipinski definition) is 2. The molecule has 2 N–H and O–H groups in total. The molecule has 0 radical (unpaired) electrons. The lowest BCUT2D eigenvalue weighted by Crippen LogP contribution is -2.28. The fourth-order valence-corrected chi connectivity index (χ4v) is 2.61. The molecule has 0 aliphatic heterocycles. The van der Waals surface area contributed by atoms with E-state index in [0.717, 1.165) is 5.56 Å². The van der Waals surface area contributed by atoms with Crippen molar-refractivity contribution in [3.05, 3.63) is 58.1 Å². The second-order valence-electron chi connectivity index (χ2n) is 5.85. The molecule has 0 heterocycles. The zero-order chi connectivity index (χ0) is 19.8. The van der Waals surface area contributed by atoms with Gasteiger partial charge in [0.25, 0.3) is 5.69 Å². The van der Waals surface area contributed by atoms with Gasteiger partial charge in [-0.1, -0.05) is 18.2 Å². The number of nitro groups is 1. The Morgan fingerprint density at radius 1 is 1.15 bits per heavy atom. The minimum absolute atomic E-state index is 0.0170. The molecule has 2 aromatic carbocycles. The van der Waals surface area contributed by atoms with E-state index in [2.05, 4.69) is 10.6 Å². The number of ether oxygens (including phenoxy) is 2. The van der Waals surface area contributed by atoms with Crippen LogP contribution in [-0.4, -0.2) is 31.6 Å². The summed E-state index contributed by atoms with van der Waals surface area (Å²) in [6.07, 6.45) is 0.184. The topological polar surface area (TPSA) is 103 Å². The lowest BCUT2D eigenvalue weighted by Gasteiger charge is -2.17. The quantitative estimate of drug-likeness (QED) is 0.516. The summed E-state index contributed by atoms with van der Waals surface area (Å²) < 4.78 is 10.5. The molecule has 0 aromatic heterocycles. The molecule has 0 spiro atoms. The molecule has 0 aliphatic rings. The Labute approximate surface area is 157 Å². The summed E-state index contributed by atoms with van der Waals surface area (Å²) in [6, 6.07) is 11.6. The first-order valence-electron chi connectivity index (χ1n) is 8.44. The number of rotatable bonds is 9. The first-order valence-corrected chi connectivity index (χ1v) is 8.44. The van der Waals surface area contributed by atoms with Gasteiger partial charge in [0.2, 0.25) is 5.91 Å². The number of nitrogens with zero attached hydrogens (tertiary/aromatic N) is 1. The normalized spacial score (nSPS) is 11.4. The Bertz CT molecular complexity index is 810. The number of nitro benzene ring substituents is 1. The summed E-state index contributed by atoms with van der Waals surface area (Å²) >= 11 is 0. The van der Waals surface area contributed by atoms with Gasteiger partial charge in [-0.2, -0.15) is 0 Å². The van der Waals surface area contributed by atoms with Gasteiger partial charge in [-0.25, -0.2) is 0 Å². The summed E-state index contributed by atoms with van der Waals surface area (Å²) in [5.74, 6) is 1.05. The van der Waals surface area contributed by atoms with Crippen LogP contribution in [0.1, 0.15) is 24.9 Å². The molecular weight excluding hydrogens is 350 g/mol. The van der Waals surface area contributed by atoms with Crippen LogP contribution in [0.3, 0.4) is 0 Å². The van der Waals surface area contributed by atoms with E-state index in [4.69, 9.17) is 9.47 Å². The molecule has 0 fully saturated rings. The van der Waals surface area contributed by atoms with E-state index in [1.807, 2.05) is 19.1 Å². The number of hydrogen-bond acceptors (Lipinski definition) is 6. The van der Waals surface area contributed by atoms with Gasteiger partial charge in [0, 0.05) is 19.0 Å². The molecule has 8 heteroatoms. The van der Waals surface area contributed by atoms with Crippen LogP contribution in [0, 0.1) is 10.1 Å². The second-order valence-corrected chi connectivity index (χ2v) is 5.85. The Hall–Kier alpha value is -3.29. The van der Waals surface area contributed by atoms with Gasteiger partial charge >= 0.3 is 0 Å². The smallest absolute Gasteiger partial charge is 0.292 e. The molecule has 0 bridgehead atoms. The van der Waals surface area contributed by atoms with Crippen molar-refractivity contribution < 1.29 is 19.2 Å². The fraction of sp³-hybridized carbons (Fsp3) is 0.316. The minimum atomic E-state index is -0.457. The number of methoxy groups -OCH3 is 2. The predicted octanol–water partition coefficient (Wildman–Crippen LogP) is 3.29. The maximum atomic E-state index is 12.2. The summed E-state index contributed by atoms with van der Waals surface area (Å²) in [7, 11) is 3.12. The monoisotopic (exact) mass is 373 g/mol. The molecule has 27 heavy (non-hydrogen) atoms. The molecule has 0 saturated carbocycles. The van der Waals surface area contributed by atoms with Crippen LogP contribution in [0.2, 0.25) is 0 Å². The molecule has 2 rings (SSSR count). The third-order valence-electron chi connectivity index (χ3n) is 4.05. The SMILES string of the molecule is COc1ccc(C(C)NC(=O)CCNc2ccccc2[N+](=O)[O-])cc1OC. The van der Waals surface area contributed by atoms with E-state index in [9.17, 15) is 14.9 Å². The van der Waals surface area contributed by atoms with E-state index >= 15 is 0 Å². The lowest BCUT2D eigenvalue weighted by molar-refractivity contribution is -0.384. The number of nitrogens with one attached hydrogen (secondary N) is 2. The molecule has 0 saturated heterocycles. The van der Waals surface area contributed by atoms with E-state index in [1.54, 1.807) is 38.5 Å². The molecule has 8 nitrogen and oxygen atoms in total. The Morgan fingerprint density at radius 3 is 2.52 bits per heavy atom. The average molecular weight is 373 g/mol. The highest BCUT2D eigenvalue weighted by Crippen LogP contribution is 2.30. The highest BCUT2D eigenvalue weighted by Gasteiger charge is 2.14. The number of para-hydroxylation sites is 2. The predicted molar refractivity (Wildman–Crippen MR) is 102 cm³/mol. The number of carbonyl (C=O) groups is 1. The van der Waals surface area contributed by atoms with E-state index in [1.165, 1.54) is 6.07 Å². The maximum Gasteiger partial charge on any atom is 0.292 e. The van der Waals surface area contributed by atoms with Crippen molar-refractivity contribution in [1.29, 1.82) is 0 Å².